The molecule has 1 saturated heterocycles. The predicted octanol–water partition coefficient (Wildman–Crippen LogP) is 3.53. The summed E-state index contributed by atoms with van der Waals surface area (Å²) < 4.78 is 19.2. The lowest BCUT2D eigenvalue weighted by Crippen LogP contribution is -2.54. The van der Waals surface area contributed by atoms with Gasteiger partial charge in [0, 0.05) is 44.3 Å². The highest BCUT2D eigenvalue weighted by Crippen LogP contribution is 2.65. The van der Waals surface area contributed by atoms with Gasteiger partial charge in [-0.15, -0.1) is 0 Å². The molecule has 2 aromatic carbocycles. The number of amides is 2. The first-order chi connectivity index (χ1) is 16.4. The van der Waals surface area contributed by atoms with E-state index < -0.39 is 5.41 Å². The molecule has 0 spiro atoms. The second-order valence-electron chi connectivity index (χ2n) is 10.2. The van der Waals surface area contributed by atoms with E-state index in [1.54, 1.807) is 17.0 Å². The number of hydrogen-bond acceptors (Lipinski definition) is 4. The molecule has 34 heavy (non-hydrogen) atoms. The van der Waals surface area contributed by atoms with E-state index in [-0.39, 0.29) is 36.7 Å². The van der Waals surface area contributed by atoms with Crippen LogP contribution in [0.15, 0.2) is 48.5 Å². The van der Waals surface area contributed by atoms with Gasteiger partial charge < -0.3 is 14.5 Å². The number of ether oxygens (including phenoxy) is 1. The smallest absolute Gasteiger partial charge is 0.242 e. The number of rotatable bonds is 7. The highest BCUT2D eigenvalue weighted by atomic mass is 19.1. The highest BCUT2D eigenvalue weighted by molar-refractivity contribution is 6.07. The Morgan fingerprint density at radius 1 is 1.09 bits per heavy atom. The molecule has 0 N–H and O–H groups in total. The summed E-state index contributed by atoms with van der Waals surface area (Å²) >= 11 is 0. The van der Waals surface area contributed by atoms with Gasteiger partial charge >= 0.3 is 0 Å². The van der Waals surface area contributed by atoms with Gasteiger partial charge in [-0.3, -0.25) is 14.5 Å². The van der Waals surface area contributed by atoms with Crippen molar-refractivity contribution in [3.63, 3.8) is 0 Å². The largest absolute Gasteiger partial charge is 0.492 e. The molecule has 5 rings (SSSR count). The zero-order chi connectivity index (χ0) is 23.9. The molecule has 0 radical (unpaired) electrons. The third-order valence-corrected chi connectivity index (χ3v) is 7.30. The molecule has 0 aromatic heterocycles. The number of piperazine rings is 1. The number of nitrogens with zero attached hydrogens (tertiary/aromatic N) is 3. The zero-order valence-corrected chi connectivity index (χ0v) is 19.9. The highest BCUT2D eigenvalue weighted by Gasteiger charge is 2.66. The van der Waals surface area contributed by atoms with Crippen LogP contribution in [0.2, 0.25) is 0 Å². The molecule has 0 bridgehead atoms. The monoisotopic (exact) mass is 465 g/mol. The molecule has 2 aromatic rings. The van der Waals surface area contributed by atoms with Crippen LogP contribution in [-0.2, 0) is 9.59 Å². The fourth-order valence-electron chi connectivity index (χ4n) is 5.41. The predicted molar refractivity (Wildman–Crippen MR) is 128 cm³/mol. The first-order valence-electron chi connectivity index (χ1n) is 12.2. The molecule has 6 nitrogen and oxygen atoms in total. The van der Waals surface area contributed by atoms with Crippen molar-refractivity contribution in [2.24, 2.45) is 11.3 Å². The number of halogens is 1. The summed E-state index contributed by atoms with van der Waals surface area (Å²) in [5, 5.41) is 0. The second kappa shape index (κ2) is 9.02. The van der Waals surface area contributed by atoms with Crippen molar-refractivity contribution in [2.45, 2.75) is 26.2 Å². The van der Waals surface area contributed by atoms with Gasteiger partial charge in [0.25, 0.3) is 0 Å². The topological polar surface area (TPSA) is 53.1 Å². The van der Waals surface area contributed by atoms with Crippen LogP contribution in [0, 0.1) is 17.2 Å². The average Bonchev–Trinajstić information content (AvgIpc) is 3.58. The molecule has 0 unspecified atom stereocenters. The van der Waals surface area contributed by atoms with Crippen molar-refractivity contribution in [1.29, 1.82) is 0 Å². The molecule has 2 aliphatic heterocycles. The zero-order valence-electron chi connectivity index (χ0n) is 19.9. The molecule has 180 valence electrons. The van der Waals surface area contributed by atoms with E-state index in [0.717, 1.165) is 30.9 Å². The summed E-state index contributed by atoms with van der Waals surface area (Å²) in [7, 11) is 0. The minimum atomic E-state index is -0.668. The Kier molecular flexibility index (Phi) is 6.06. The van der Waals surface area contributed by atoms with Crippen LogP contribution in [0.1, 0.15) is 31.7 Å². The summed E-state index contributed by atoms with van der Waals surface area (Å²) in [5.74, 6) is 0.834. The summed E-state index contributed by atoms with van der Waals surface area (Å²) in [6, 6.07) is 13.7. The fraction of sp³-hybridized carbons (Fsp3) is 0.481. The van der Waals surface area contributed by atoms with Crippen molar-refractivity contribution in [2.75, 3.05) is 50.8 Å². The van der Waals surface area contributed by atoms with Crippen molar-refractivity contribution >= 4 is 17.5 Å². The van der Waals surface area contributed by atoms with Crippen LogP contribution in [0.5, 0.6) is 5.75 Å². The number of benzene rings is 2. The van der Waals surface area contributed by atoms with Gasteiger partial charge in [-0.25, -0.2) is 4.39 Å². The first kappa shape index (κ1) is 22.8. The SMILES string of the molecule is CC(C)CN1CCN(C(=O)CN2C(=O)[C@@]3(COc4ccc(F)cc4)C[C@H]3c3ccccc32)CC1. The van der Waals surface area contributed by atoms with E-state index in [1.165, 1.54) is 12.1 Å². The molecular weight excluding hydrogens is 433 g/mol. The Hall–Kier alpha value is -2.93. The number of hydrogen-bond donors (Lipinski definition) is 0. The van der Waals surface area contributed by atoms with Gasteiger partial charge in [-0.2, -0.15) is 0 Å². The summed E-state index contributed by atoms with van der Waals surface area (Å²) in [5.41, 5.74) is 1.26. The average molecular weight is 466 g/mol. The molecule has 3 aliphatic rings. The lowest BCUT2D eigenvalue weighted by molar-refractivity contribution is -0.134. The van der Waals surface area contributed by atoms with Crippen molar-refractivity contribution in [3.8, 4) is 5.75 Å². The van der Waals surface area contributed by atoms with E-state index in [1.807, 2.05) is 29.2 Å². The maximum atomic E-state index is 13.7. The first-order valence-corrected chi connectivity index (χ1v) is 12.2. The van der Waals surface area contributed by atoms with Crippen LogP contribution < -0.4 is 9.64 Å². The van der Waals surface area contributed by atoms with Crippen LogP contribution in [-0.4, -0.2) is 67.5 Å². The third-order valence-electron chi connectivity index (χ3n) is 7.30. The third kappa shape index (κ3) is 4.29. The summed E-state index contributed by atoms with van der Waals surface area (Å²) in [6.07, 6.45) is 0.697. The van der Waals surface area contributed by atoms with Gasteiger partial charge in [0.15, 0.2) is 0 Å². The molecule has 2 amide bonds. The maximum absolute atomic E-state index is 13.7. The number of carbonyl (C=O) groups is 2. The minimum Gasteiger partial charge on any atom is -0.492 e. The van der Waals surface area contributed by atoms with E-state index in [9.17, 15) is 14.0 Å². The van der Waals surface area contributed by atoms with Crippen LogP contribution >= 0.6 is 0 Å². The Bertz CT molecular complexity index is 1070. The summed E-state index contributed by atoms with van der Waals surface area (Å²) in [6.45, 7) is 8.83. The number of fused-ring (bicyclic) bond motifs is 3. The lowest BCUT2D eigenvalue weighted by Gasteiger charge is -2.38. The van der Waals surface area contributed by atoms with Gasteiger partial charge in [-0.1, -0.05) is 32.0 Å². The minimum absolute atomic E-state index is 0.0129. The van der Waals surface area contributed by atoms with Crippen molar-refractivity contribution < 1.29 is 18.7 Å². The van der Waals surface area contributed by atoms with Gasteiger partial charge in [0.1, 0.15) is 24.7 Å². The van der Waals surface area contributed by atoms with E-state index in [0.29, 0.717) is 31.2 Å². The molecular formula is C27H32FN3O3. The lowest BCUT2D eigenvalue weighted by atomic mass is 9.92. The summed E-state index contributed by atoms with van der Waals surface area (Å²) in [4.78, 5) is 32.9. The molecule has 2 heterocycles. The molecule has 7 heteroatoms. The number of anilines is 1. The van der Waals surface area contributed by atoms with Gasteiger partial charge in [0.2, 0.25) is 11.8 Å². The van der Waals surface area contributed by atoms with Crippen LogP contribution in [0.25, 0.3) is 0 Å². The number of carbonyl (C=O) groups excluding carboxylic acids is 2. The molecule has 2 atom stereocenters. The Balaban J connectivity index is 1.30. The Labute approximate surface area is 200 Å². The van der Waals surface area contributed by atoms with E-state index in [2.05, 4.69) is 18.7 Å². The van der Waals surface area contributed by atoms with Gasteiger partial charge in [0.05, 0.1) is 5.41 Å². The number of para-hydroxylation sites is 1. The van der Waals surface area contributed by atoms with Crippen molar-refractivity contribution in [3.05, 3.63) is 59.9 Å². The molecule has 1 aliphatic carbocycles. The maximum Gasteiger partial charge on any atom is 0.242 e. The van der Waals surface area contributed by atoms with Crippen molar-refractivity contribution in [1.82, 2.24) is 9.80 Å². The van der Waals surface area contributed by atoms with Crippen LogP contribution in [0.3, 0.4) is 0 Å². The molecule has 2 fully saturated rings. The van der Waals surface area contributed by atoms with Crippen LogP contribution in [0.4, 0.5) is 10.1 Å². The standard InChI is InChI=1S/C27H32FN3O3/c1-19(2)16-29-11-13-30(14-12-29)25(32)17-31-24-6-4-3-5-22(24)23-15-27(23,26(31)33)18-34-21-9-7-20(28)8-10-21/h3-10,19,23H,11-18H2,1-2H3/t23-,27+/m0/s1. The normalized spacial score (nSPS) is 24.1. The fourth-order valence-corrected chi connectivity index (χ4v) is 5.41. The van der Waals surface area contributed by atoms with E-state index in [4.69, 9.17) is 4.74 Å². The Morgan fingerprint density at radius 2 is 1.79 bits per heavy atom. The Morgan fingerprint density at radius 3 is 2.50 bits per heavy atom. The second-order valence-corrected chi connectivity index (χ2v) is 10.2. The molecule has 1 saturated carbocycles. The van der Waals surface area contributed by atoms with Gasteiger partial charge in [-0.05, 0) is 48.2 Å². The van der Waals surface area contributed by atoms with E-state index >= 15 is 0 Å². The quantitative estimate of drug-likeness (QED) is 0.628.